The first kappa shape index (κ1) is 17.8. The molecule has 1 aromatic heterocycles. The van der Waals surface area contributed by atoms with Crippen molar-refractivity contribution in [3.8, 4) is 11.5 Å². The Hall–Kier alpha value is -2.54. The highest BCUT2D eigenvalue weighted by atomic mass is 16.5. The van der Waals surface area contributed by atoms with Crippen molar-refractivity contribution in [2.24, 2.45) is 0 Å². The third kappa shape index (κ3) is 4.48. The van der Waals surface area contributed by atoms with Gasteiger partial charge in [-0.05, 0) is 31.5 Å². The van der Waals surface area contributed by atoms with Crippen molar-refractivity contribution < 1.29 is 23.5 Å². The first-order valence-corrected chi connectivity index (χ1v) is 7.59. The van der Waals surface area contributed by atoms with Crippen LogP contribution in [0.5, 0.6) is 11.5 Å². The van der Waals surface area contributed by atoms with Crippen LogP contribution in [0, 0.1) is 6.92 Å². The standard InChI is InChI=1S/C17H22N2O5/c1-11-9-14(19-24-11)17(20)18-12(2)13-5-6-15(16(10-13)22-4)23-8-7-21-3/h5-6,9-10,12H,7-8H2,1-4H3,(H,18,20). The van der Waals surface area contributed by atoms with E-state index in [1.807, 2.05) is 25.1 Å². The average Bonchev–Trinajstić information content (AvgIpc) is 3.01. The molecule has 2 rings (SSSR count). The van der Waals surface area contributed by atoms with Gasteiger partial charge in [-0.15, -0.1) is 0 Å². The van der Waals surface area contributed by atoms with Crippen LogP contribution in [-0.2, 0) is 4.74 Å². The molecule has 0 saturated carbocycles. The molecule has 7 heteroatoms. The summed E-state index contributed by atoms with van der Waals surface area (Å²) in [5.41, 5.74) is 1.14. The van der Waals surface area contributed by atoms with E-state index in [1.165, 1.54) is 0 Å². The van der Waals surface area contributed by atoms with E-state index >= 15 is 0 Å². The Morgan fingerprint density at radius 2 is 2.04 bits per heavy atom. The number of nitrogens with zero attached hydrogens (tertiary/aromatic N) is 1. The first-order chi connectivity index (χ1) is 11.5. The smallest absolute Gasteiger partial charge is 0.273 e. The van der Waals surface area contributed by atoms with Crippen molar-refractivity contribution in [1.82, 2.24) is 10.5 Å². The second-order valence-corrected chi connectivity index (χ2v) is 5.27. The van der Waals surface area contributed by atoms with E-state index in [2.05, 4.69) is 10.5 Å². The van der Waals surface area contributed by atoms with E-state index in [0.29, 0.717) is 30.5 Å². The van der Waals surface area contributed by atoms with Crippen molar-refractivity contribution in [3.05, 3.63) is 41.3 Å². The number of methoxy groups -OCH3 is 2. The van der Waals surface area contributed by atoms with Gasteiger partial charge in [0.05, 0.1) is 19.8 Å². The molecule has 0 fully saturated rings. The molecule has 2 aromatic rings. The summed E-state index contributed by atoms with van der Waals surface area (Å²) >= 11 is 0. The molecule has 0 aliphatic rings. The fourth-order valence-electron chi connectivity index (χ4n) is 2.14. The third-order valence-corrected chi connectivity index (χ3v) is 3.44. The van der Waals surface area contributed by atoms with Crippen molar-refractivity contribution in [3.63, 3.8) is 0 Å². The number of nitrogens with one attached hydrogen (secondary N) is 1. The number of hydrogen-bond acceptors (Lipinski definition) is 6. The fraction of sp³-hybridized carbons (Fsp3) is 0.412. The second-order valence-electron chi connectivity index (χ2n) is 5.27. The number of ether oxygens (including phenoxy) is 3. The molecule has 1 aromatic carbocycles. The molecule has 130 valence electrons. The van der Waals surface area contributed by atoms with Crippen LogP contribution in [-0.4, -0.2) is 38.5 Å². The average molecular weight is 334 g/mol. The van der Waals surface area contributed by atoms with Gasteiger partial charge in [-0.3, -0.25) is 4.79 Å². The molecular formula is C17H22N2O5. The zero-order valence-corrected chi connectivity index (χ0v) is 14.3. The fourth-order valence-corrected chi connectivity index (χ4v) is 2.14. The molecule has 0 saturated heterocycles. The highest BCUT2D eigenvalue weighted by Gasteiger charge is 2.16. The third-order valence-electron chi connectivity index (χ3n) is 3.44. The number of aromatic nitrogens is 1. The van der Waals surface area contributed by atoms with Crippen LogP contribution in [0.1, 0.15) is 34.8 Å². The normalized spacial score (nSPS) is 11.8. The topological polar surface area (TPSA) is 82.8 Å². The number of hydrogen-bond donors (Lipinski definition) is 1. The highest BCUT2D eigenvalue weighted by Crippen LogP contribution is 2.30. The summed E-state index contributed by atoms with van der Waals surface area (Å²) in [5.74, 6) is 1.52. The number of carbonyl (C=O) groups excluding carboxylic acids is 1. The van der Waals surface area contributed by atoms with E-state index < -0.39 is 0 Å². The van der Waals surface area contributed by atoms with Gasteiger partial charge in [0.1, 0.15) is 12.4 Å². The lowest BCUT2D eigenvalue weighted by molar-refractivity contribution is 0.0930. The van der Waals surface area contributed by atoms with Gasteiger partial charge < -0.3 is 24.1 Å². The molecule has 0 radical (unpaired) electrons. The van der Waals surface area contributed by atoms with Crippen LogP contribution in [0.15, 0.2) is 28.8 Å². The van der Waals surface area contributed by atoms with Gasteiger partial charge in [-0.2, -0.15) is 0 Å². The Balaban J connectivity index is 2.06. The monoisotopic (exact) mass is 334 g/mol. The van der Waals surface area contributed by atoms with E-state index in [4.69, 9.17) is 18.7 Å². The lowest BCUT2D eigenvalue weighted by Crippen LogP contribution is -2.26. The molecule has 0 spiro atoms. The molecule has 1 heterocycles. The molecular weight excluding hydrogens is 312 g/mol. The van der Waals surface area contributed by atoms with Crippen LogP contribution >= 0.6 is 0 Å². The molecule has 1 unspecified atom stereocenters. The van der Waals surface area contributed by atoms with Crippen molar-refractivity contribution in [2.75, 3.05) is 27.4 Å². The zero-order chi connectivity index (χ0) is 17.5. The van der Waals surface area contributed by atoms with Crippen LogP contribution in [0.4, 0.5) is 0 Å². The van der Waals surface area contributed by atoms with Gasteiger partial charge in [-0.1, -0.05) is 11.2 Å². The molecule has 0 aliphatic heterocycles. The molecule has 1 N–H and O–H groups in total. The molecule has 1 amide bonds. The van der Waals surface area contributed by atoms with Crippen molar-refractivity contribution in [1.29, 1.82) is 0 Å². The number of rotatable bonds is 8. The van der Waals surface area contributed by atoms with Gasteiger partial charge in [0.2, 0.25) is 0 Å². The lowest BCUT2D eigenvalue weighted by atomic mass is 10.1. The molecule has 24 heavy (non-hydrogen) atoms. The minimum Gasteiger partial charge on any atom is -0.493 e. The Morgan fingerprint density at radius 3 is 2.67 bits per heavy atom. The van der Waals surface area contributed by atoms with E-state index in [1.54, 1.807) is 27.2 Å². The van der Waals surface area contributed by atoms with E-state index in [9.17, 15) is 4.79 Å². The van der Waals surface area contributed by atoms with Crippen LogP contribution in [0.2, 0.25) is 0 Å². The maximum absolute atomic E-state index is 12.1. The quantitative estimate of drug-likeness (QED) is 0.747. The SMILES string of the molecule is COCCOc1ccc(C(C)NC(=O)c2cc(C)on2)cc1OC. The van der Waals surface area contributed by atoms with E-state index in [0.717, 1.165) is 5.56 Å². The van der Waals surface area contributed by atoms with Gasteiger partial charge in [0.15, 0.2) is 17.2 Å². The summed E-state index contributed by atoms with van der Waals surface area (Å²) in [6, 6.07) is 6.89. The summed E-state index contributed by atoms with van der Waals surface area (Å²) in [7, 11) is 3.19. The molecule has 1 atom stereocenters. The second kappa shape index (κ2) is 8.35. The Kier molecular flexibility index (Phi) is 6.20. The Bertz CT molecular complexity index is 683. The Labute approximate surface area is 140 Å². The highest BCUT2D eigenvalue weighted by molar-refractivity contribution is 5.92. The maximum atomic E-state index is 12.1. The lowest BCUT2D eigenvalue weighted by Gasteiger charge is -2.16. The Morgan fingerprint density at radius 1 is 1.25 bits per heavy atom. The number of amides is 1. The van der Waals surface area contributed by atoms with Crippen molar-refractivity contribution in [2.45, 2.75) is 19.9 Å². The maximum Gasteiger partial charge on any atom is 0.273 e. The number of carbonyl (C=O) groups is 1. The van der Waals surface area contributed by atoms with Crippen LogP contribution in [0.3, 0.4) is 0 Å². The van der Waals surface area contributed by atoms with Crippen LogP contribution < -0.4 is 14.8 Å². The minimum atomic E-state index is -0.293. The summed E-state index contributed by atoms with van der Waals surface area (Å²) in [5, 5.41) is 6.58. The molecule has 0 bridgehead atoms. The summed E-state index contributed by atoms with van der Waals surface area (Å²) in [6.45, 7) is 4.55. The van der Waals surface area contributed by atoms with Gasteiger partial charge in [-0.25, -0.2) is 0 Å². The minimum absolute atomic E-state index is 0.226. The van der Waals surface area contributed by atoms with Crippen molar-refractivity contribution >= 4 is 5.91 Å². The zero-order valence-electron chi connectivity index (χ0n) is 14.3. The first-order valence-electron chi connectivity index (χ1n) is 7.59. The van der Waals surface area contributed by atoms with E-state index in [-0.39, 0.29) is 17.6 Å². The predicted molar refractivity (Wildman–Crippen MR) is 87.5 cm³/mol. The summed E-state index contributed by atoms with van der Waals surface area (Å²) in [4.78, 5) is 12.1. The van der Waals surface area contributed by atoms with Crippen LogP contribution in [0.25, 0.3) is 0 Å². The molecule has 7 nitrogen and oxygen atoms in total. The predicted octanol–water partition coefficient (Wildman–Crippen LogP) is 2.51. The van der Waals surface area contributed by atoms with Gasteiger partial charge in [0, 0.05) is 13.2 Å². The molecule has 0 aliphatic carbocycles. The number of aryl methyl sites for hydroxylation is 1. The summed E-state index contributed by atoms with van der Waals surface area (Å²) < 4.78 is 20.8. The largest absolute Gasteiger partial charge is 0.493 e. The summed E-state index contributed by atoms with van der Waals surface area (Å²) in [6.07, 6.45) is 0. The van der Waals surface area contributed by atoms with Gasteiger partial charge >= 0.3 is 0 Å². The van der Waals surface area contributed by atoms with Gasteiger partial charge in [0.25, 0.3) is 5.91 Å². The number of benzene rings is 1.